The minimum atomic E-state index is -0.837. The molecule has 0 aliphatic carbocycles. The Labute approximate surface area is 149 Å². The number of amides is 1. The maximum Gasteiger partial charge on any atom is 0.276 e. The lowest BCUT2D eigenvalue weighted by molar-refractivity contribution is -0.00387. The second-order valence-electron chi connectivity index (χ2n) is 7.45. The monoisotopic (exact) mass is 359 g/mol. The van der Waals surface area contributed by atoms with E-state index in [1.165, 1.54) is 6.26 Å². The molecule has 6 rings (SSSR count). The second-order valence-corrected chi connectivity index (χ2v) is 7.45. The van der Waals surface area contributed by atoms with E-state index < -0.39 is 11.6 Å². The van der Waals surface area contributed by atoms with E-state index in [0.717, 1.165) is 32.0 Å². The first-order chi connectivity index (χ1) is 12.6. The van der Waals surface area contributed by atoms with Crippen LogP contribution in [0.1, 0.15) is 34.8 Å². The molecule has 2 bridgehead atoms. The number of carbonyl (C=O) groups is 1. The fraction of sp³-hybridized carbons (Fsp3) is 0.474. The van der Waals surface area contributed by atoms with Crippen molar-refractivity contribution in [2.24, 2.45) is 5.92 Å². The van der Waals surface area contributed by atoms with Crippen molar-refractivity contribution in [2.75, 3.05) is 19.6 Å². The first-order valence-electron chi connectivity index (χ1n) is 9.04. The highest BCUT2D eigenvalue weighted by atomic mass is 19.2. The lowest BCUT2D eigenvalue weighted by atomic mass is 9.75. The van der Waals surface area contributed by atoms with E-state index in [2.05, 4.69) is 10.1 Å². The zero-order valence-corrected chi connectivity index (χ0v) is 14.1. The number of benzene rings is 1. The number of aromatic nitrogens is 1. The molecule has 1 aromatic heterocycles. The van der Waals surface area contributed by atoms with Crippen LogP contribution in [0.2, 0.25) is 0 Å². The molecule has 136 valence electrons. The van der Waals surface area contributed by atoms with Gasteiger partial charge in [0.05, 0.1) is 6.04 Å². The van der Waals surface area contributed by atoms with Crippen LogP contribution >= 0.6 is 0 Å². The molecule has 2 aromatic rings. The Kier molecular flexibility index (Phi) is 3.60. The lowest BCUT2D eigenvalue weighted by Gasteiger charge is -2.51. The summed E-state index contributed by atoms with van der Waals surface area (Å²) >= 11 is 0. The molecule has 7 heteroatoms. The Balaban J connectivity index is 1.57. The molecule has 0 radical (unpaired) electrons. The van der Waals surface area contributed by atoms with Crippen molar-refractivity contribution in [1.82, 2.24) is 15.0 Å². The number of rotatable bonds is 2. The van der Waals surface area contributed by atoms with Gasteiger partial charge < -0.3 is 9.42 Å². The van der Waals surface area contributed by atoms with Crippen LogP contribution in [0.3, 0.4) is 0 Å². The third kappa shape index (κ3) is 2.23. The van der Waals surface area contributed by atoms with Crippen molar-refractivity contribution in [3.8, 4) is 0 Å². The molecule has 4 aliphatic rings. The number of halogens is 2. The van der Waals surface area contributed by atoms with Gasteiger partial charge in [-0.25, -0.2) is 8.78 Å². The van der Waals surface area contributed by atoms with Crippen molar-refractivity contribution in [2.45, 2.75) is 30.8 Å². The molecule has 4 aliphatic heterocycles. The maximum absolute atomic E-state index is 14.5. The number of hydrogen-bond donors (Lipinski definition) is 0. The van der Waals surface area contributed by atoms with Crippen LogP contribution in [0.5, 0.6) is 0 Å². The van der Waals surface area contributed by atoms with Gasteiger partial charge in [0.25, 0.3) is 5.91 Å². The van der Waals surface area contributed by atoms with Crippen molar-refractivity contribution >= 4 is 5.91 Å². The van der Waals surface area contributed by atoms with Crippen molar-refractivity contribution in [1.29, 1.82) is 0 Å². The van der Waals surface area contributed by atoms with E-state index in [0.29, 0.717) is 18.0 Å². The van der Waals surface area contributed by atoms with Crippen molar-refractivity contribution < 1.29 is 18.1 Å². The molecule has 4 saturated heterocycles. The van der Waals surface area contributed by atoms with Crippen molar-refractivity contribution in [3.05, 3.63) is 53.4 Å². The van der Waals surface area contributed by atoms with Crippen LogP contribution in [0.4, 0.5) is 8.78 Å². The van der Waals surface area contributed by atoms with Gasteiger partial charge in [-0.05, 0) is 43.5 Å². The predicted molar refractivity (Wildman–Crippen MR) is 88.5 cm³/mol. The Bertz CT molecular complexity index is 833. The summed E-state index contributed by atoms with van der Waals surface area (Å²) in [5, 5.41) is 3.78. The normalized spacial score (nSPS) is 32.7. The third-order valence-electron chi connectivity index (χ3n) is 6.29. The first-order valence-corrected chi connectivity index (χ1v) is 9.04. The van der Waals surface area contributed by atoms with Gasteiger partial charge >= 0.3 is 0 Å². The van der Waals surface area contributed by atoms with Crippen LogP contribution in [-0.2, 0) is 0 Å². The molecule has 5 nitrogen and oxygen atoms in total. The van der Waals surface area contributed by atoms with Gasteiger partial charge in [-0.2, -0.15) is 0 Å². The van der Waals surface area contributed by atoms with Gasteiger partial charge in [-0.1, -0.05) is 17.3 Å². The van der Waals surface area contributed by atoms with Crippen LogP contribution in [0.15, 0.2) is 35.1 Å². The predicted octanol–water partition coefficient (Wildman–Crippen LogP) is 2.66. The number of carbonyl (C=O) groups excluding carboxylic acids is 1. The summed E-state index contributed by atoms with van der Waals surface area (Å²) in [5.41, 5.74) is 0.628. The lowest BCUT2D eigenvalue weighted by Crippen LogP contribution is -2.60. The Hall–Kier alpha value is -2.28. The molecule has 1 amide bonds. The fourth-order valence-corrected chi connectivity index (χ4v) is 5.20. The molecule has 5 heterocycles. The average Bonchev–Trinajstić information content (AvgIpc) is 3.33. The summed E-state index contributed by atoms with van der Waals surface area (Å²) in [7, 11) is 0. The zero-order valence-electron chi connectivity index (χ0n) is 14.1. The average molecular weight is 359 g/mol. The molecule has 0 spiro atoms. The van der Waals surface area contributed by atoms with Gasteiger partial charge in [0.15, 0.2) is 17.3 Å². The van der Waals surface area contributed by atoms with Crippen LogP contribution < -0.4 is 0 Å². The van der Waals surface area contributed by atoms with Gasteiger partial charge in [-0.3, -0.25) is 9.69 Å². The third-order valence-corrected chi connectivity index (χ3v) is 6.29. The van der Waals surface area contributed by atoms with Crippen molar-refractivity contribution in [3.63, 3.8) is 0 Å². The van der Waals surface area contributed by atoms with E-state index >= 15 is 0 Å². The SMILES string of the molecule is O=C(c1ccon1)N1C[C@H](c2cccc(F)c2F)[C@@H]2[C@H]1C1CCN2CC1. The summed E-state index contributed by atoms with van der Waals surface area (Å²) in [6, 6.07) is 5.91. The highest BCUT2D eigenvalue weighted by molar-refractivity contribution is 5.92. The highest BCUT2D eigenvalue weighted by Gasteiger charge is 2.55. The van der Waals surface area contributed by atoms with Crippen LogP contribution in [0.25, 0.3) is 0 Å². The van der Waals surface area contributed by atoms with E-state index in [4.69, 9.17) is 4.52 Å². The number of hydrogen-bond acceptors (Lipinski definition) is 4. The van der Waals surface area contributed by atoms with Gasteiger partial charge in [0.2, 0.25) is 0 Å². The van der Waals surface area contributed by atoms with E-state index in [1.807, 2.05) is 4.90 Å². The van der Waals surface area contributed by atoms with Gasteiger partial charge in [-0.15, -0.1) is 0 Å². The molecule has 4 fully saturated rings. The van der Waals surface area contributed by atoms with Crippen LogP contribution in [-0.4, -0.2) is 52.6 Å². The summed E-state index contributed by atoms with van der Waals surface area (Å²) in [5.74, 6) is -1.68. The topological polar surface area (TPSA) is 49.6 Å². The standard InChI is InChI=1S/C19H19F2N3O2/c20-14-3-1-2-12(16(14)21)13-10-24(19(25)15-6-9-26-22-15)17-11-4-7-23(8-5-11)18(13)17/h1-3,6,9,11,13,17-18H,4-5,7-8,10H2/t13-,17-,18-/m1/s1. The molecule has 0 saturated carbocycles. The molecular formula is C19H19F2N3O2. The molecule has 26 heavy (non-hydrogen) atoms. The minimum Gasteiger partial charge on any atom is -0.364 e. The fourth-order valence-electron chi connectivity index (χ4n) is 5.20. The molecule has 1 aromatic carbocycles. The molecular weight excluding hydrogens is 340 g/mol. The quantitative estimate of drug-likeness (QED) is 0.827. The number of piperidine rings is 3. The van der Waals surface area contributed by atoms with E-state index in [-0.39, 0.29) is 29.6 Å². The highest BCUT2D eigenvalue weighted by Crippen LogP contribution is 2.47. The van der Waals surface area contributed by atoms with Gasteiger partial charge in [0.1, 0.15) is 6.26 Å². The van der Waals surface area contributed by atoms with E-state index in [1.54, 1.807) is 18.2 Å². The smallest absolute Gasteiger partial charge is 0.276 e. The number of likely N-dealkylation sites (tertiary alicyclic amines) is 1. The second kappa shape index (κ2) is 5.87. The minimum absolute atomic E-state index is 0.00867. The van der Waals surface area contributed by atoms with Crippen LogP contribution in [0, 0.1) is 17.6 Å². The van der Waals surface area contributed by atoms with Gasteiger partial charge in [0, 0.05) is 24.6 Å². The zero-order chi connectivity index (χ0) is 17.8. The number of fused-ring (bicyclic) bond motifs is 2. The maximum atomic E-state index is 14.5. The van der Waals surface area contributed by atoms with E-state index in [9.17, 15) is 13.6 Å². The Morgan fingerprint density at radius 2 is 1.96 bits per heavy atom. The molecule has 0 unspecified atom stereocenters. The Morgan fingerprint density at radius 3 is 2.69 bits per heavy atom. The largest absolute Gasteiger partial charge is 0.364 e. The number of nitrogens with zero attached hydrogens (tertiary/aromatic N) is 3. The molecule has 3 atom stereocenters. The first kappa shape index (κ1) is 15.9. The summed E-state index contributed by atoms with van der Waals surface area (Å²) in [6.07, 6.45) is 3.44. The summed E-state index contributed by atoms with van der Waals surface area (Å²) < 4.78 is 33.2. The molecule has 0 N–H and O–H groups in total. The Morgan fingerprint density at radius 1 is 1.15 bits per heavy atom. The summed E-state index contributed by atoms with van der Waals surface area (Å²) in [4.78, 5) is 17.1. The summed E-state index contributed by atoms with van der Waals surface area (Å²) in [6.45, 7) is 2.27.